The second-order valence-electron chi connectivity index (χ2n) is 6.19. The fourth-order valence-electron chi connectivity index (χ4n) is 3.04. The van der Waals surface area contributed by atoms with Gasteiger partial charge in [0.1, 0.15) is 5.76 Å². The lowest BCUT2D eigenvalue weighted by molar-refractivity contribution is 0.169. The number of halogens is 1. The van der Waals surface area contributed by atoms with Gasteiger partial charge in [0, 0.05) is 18.0 Å². The Labute approximate surface area is 140 Å². The zero-order valence-electron chi connectivity index (χ0n) is 14.0. The molecule has 3 heteroatoms. The molecular formula is C19H28ClNO. The lowest BCUT2D eigenvalue weighted by atomic mass is 9.92. The van der Waals surface area contributed by atoms with Crippen LogP contribution in [-0.4, -0.2) is 23.5 Å². The van der Waals surface area contributed by atoms with E-state index in [1.54, 1.807) is 6.26 Å². The molecule has 0 amide bonds. The van der Waals surface area contributed by atoms with Gasteiger partial charge in [-0.3, -0.25) is 4.90 Å². The van der Waals surface area contributed by atoms with Crippen LogP contribution in [0.1, 0.15) is 51.4 Å². The van der Waals surface area contributed by atoms with Crippen molar-refractivity contribution < 1.29 is 4.42 Å². The number of furan rings is 1. The first kappa shape index (κ1) is 18.8. The monoisotopic (exact) mass is 321 g/mol. The highest BCUT2D eigenvalue weighted by Gasteiger charge is 2.20. The fraction of sp³-hybridized carbons (Fsp3) is 0.474. The molecule has 0 radical (unpaired) electrons. The number of hydrogen-bond donors (Lipinski definition) is 0. The molecule has 2 rings (SSSR count). The Morgan fingerprint density at radius 1 is 0.909 bits per heavy atom. The minimum absolute atomic E-state index is 0. The van der Waals surface area contributed by atoms with Crippen molar-refractivity contribution in [1.82, 2.24) is 4.90 Å². The molecule has 22 heavy (non-hydrogen) atoms. The van der Waals surface area contributed by atoms with E-state index in [1.807, 2.05) is 6.07 Å². The van der Waals surface area contributed by atoms with E-state index in [2.05, 4.69) is 69.0 Å². The van der Waals surface area contributed by atoms with Gasteiger partial charge in [-0.1, -0.05) is 30.3 Å². The van der Waals surface area contributed by atoms with Crippen LogP contribution >= 0.6 is 12.4 Å². The van der Waals surface area contributed by atoms with Gasteiger partial charge in [-0.25, -0.2) is 0 Å². The first-order chi connectivity index (χ1) is 10.1. The number of hydrogen-bond acceptors (Lipinski definition) is 2. The van der Waals surface area contributed by atoms with E-state index in [9.17, 15) is 0 Å². The fourth-order valence-corrected chi connectivity index (χ4v) is 3.04. The summed E-state index contributed by atoms with van der Waals surface area (Å²) in [5.74, 6) is 1.40. The summed E-state index contributed by atoms with van der Waals surface area (Å²) in [6.07, 6.45) is 2.85. The maximum Gasteiger partial charge on any atom is 0.111 e. The van der Waals surface area contributed by atoms with E-state index in [0.29, 0.717) is 18.0 Å². The molecule has 2 nitrogen and oxygen atoms in total. The summed E-state index contributed by atoms with van der Waals surface area (Å²) in [6, 6.07) is 15.9. The highest BCUT2D eigenvalue weighted by molar-refractivity contribution is 5.85. The van der Waals surface area contributed by atoms with Crippen LogP contribution < -0.4 is 0 Å². The summed E-state index contributed by atoms with van der Waals surface area (Å²) >= 11 is 0. The van der Waals surface area contributed by atoms with Crippen molar-refractivity contribution >= 4 is 12.4 Å². The molecule has 0 saturated carbocycles. The Morgan fingerprint density at radius 2 is 1.55 bits per heavy atom. The maximum atomic E-state index is 5.68. The summed E-state index contributed by atoms with van der Waals surface area (Å²) in [5, 5.41) is 0. The standard InChI is InChI=1S/C19H27NO.ClH/c1-15(2)20(16(3)4)13-12-18(19-11-8-14-21-19)17-9-6-5-7-10-17;/h5-11,14-16,18H,12-13H2,1-4H3;1H. The van der Waals surface area contributed by atoms with Crippen molar-refractivity contribution in [3.05, 3.63) is 60.1 Å². The molecule has 0 bridgehead atoms. The van der Waals surface area contributed by atoms with Gasteiger partial charge in [-0.2, -0.15) is 0 Å². The second-order valence-corrected chi connectivity index (χ2v) is 6.19. The second kappa shape index (κ2) is 9.02. The van der Waals surface area contributed by atoms with Crippen LogP contribution in [0, 0.1) is 0 Å². The molecule has 2 aromatic rings. The van der Waals surface area contributed by atoms with Crippen molar-refractivity contribution in [3.8, 4) is 0 Å². The Hall–Kier alpha value is -1.25. The van der Waals surface area contributed by atoms with Crippen LogP contribution in [0.3, 0.4) is 0 Å². The topological polar surface area (TPSA) is 16.4 Å². The Balaban J connectivity index is 0.00000242. The lowest BCUT2D eigenvalue weighted by Gasteiger charge is -2.31. The van der Waals surface area contributed by atoms with Crippen LogP contribution in [0.5, 0.6) is 0 Å². The van der Waals surface area contributed by atoms with E-state index in [-0.39, 0.29) is 12.4 Å². The van der Waals surface area contributed by atoms with E-state index >= 15 is 0 Å². The van der Waals surface area contributed by atoms with Gasteiger partial charge in [0.25, 0.3) is 0 Å². The molecule has 1 heterocycles. The molecule has 0 aliphatic carbocycles. The van der Waals surface area contributed by atoms with E-state index < -0.39 is 0 Å². The van der Waals surface area contributed by atoms with Crippen molar-refractivity contribution in [2.75, 3.05) is 6.54 Å². The predicted octanol–water partition coefficient (Wildman–Crippen LogP) is 5.34. The minimum Gasteiger partial charge on any atom is -0.469 e. The van der Waals surface area contributed by atoms with Crippen LogP contribution in [0.25, 0.3) is 0 Å². The molecule has 0 aliphatic rings. The van der Waals surface area contributed by atoms with Crippen LogP contribution in [0.4, 0.5) is 0 Å². The quantitative estimate of drug-likeness (QED) is 0.684. The Morgan fingerprint density at radius 3 is 2.05 bits per heavy atom. The maximum absolute atomic E-state index is 5.68. The van der Waals surface area contributed by atoms with Crippen molar-refractivity contribution in [2.45, 2.75) is 52.1 Å². The van der Waals surface area contributed by atoms with Crippen molar-refractivity contribution in [3.63, 3.8) is 0 Å². The third kappa shape index (κ3) is 4.89. The van der Waals surface area contributed by atoms with Gasteiger partial charge in [0.15, 0.2) is 0 Å². The van der Waals surface area contributed by atoms with E-state index in [0.717, 1.165) is 18.7 Å². The van der Waals surface area contributed by atoms with Crippen LogP contribution in [0.2, 0.25) is 0 Å². The number of nitrogens with zero attached hydrogens (tertiary/aromatic N) is 1. The Bertz CT molecular complexity index is 499. The largest absolute Gasteiger partial charge is 0.469 e. The molecule has 1 aromatic heterocycles. The summed E-state index contributed by atoms with van der Waals surface area (Å²) < 4.78 is 5.68. The minimum atomic E-state index is 0. The summed E-state index contributed by atoms with van der Waals surface area (Å²) in [6.45, 7) is 10.2. The van der Waals surface area contributed by atoms with Gasteiger partial charge < -0.3 is 4.42 Å². The molecule has 0 saturated heterocycles. The molecule has 0 spiro atoms. The predicted molar refractivity (Wildman–Crippen MR) is 95.8 cm³/mol. The zero-order chi connectivity index (χ0) is 15.2. The van der Waals surface area contributed by atoms with Gasteiger partial charge in [0.2, 0.25) is 0 Å². The number of rotatable bonds is 7. The molecule has 0 aliphatic heterocycles. The smallest absolute Gasteiger partial charge is 0.111 e. The highest BCUT2D eigenvalue weighted by atomic mass is 35.5. The molecular weight excluding hydrogens is 294 g/mol. The third-order valence-corrected chi connectivity index (χ3v) is 4.09. The van der Waals surface area contributed by atoms with Crippen molar-refractivity contribution in [1.29, 1.82) is 0 Å². The average Bonchev–Trinajstić information content (AvgIpc) is 2.97. The van der Waals surface area contributed by atoms with Gasteiger partial charge >= 0.3 is 0 Å². The molecule has 1 unspecified atom stereocenters. The lowest BCUT2D eigenvalue weighted by Crippen LogP contribution is -2.38. The molecule has 1 aromatic carbocycles. The highest BCUT2D eigenvalue weighted by Crippen LogP contribution is 2.29. The first-order valence-corrected chi connectivity index (χ1v) is 7.93. The van der Waals surface area contributed by atoms with E-state index in [4.69, 9.17) is 4.42 Å². The normalized spacial score (nSPS) is 12.7. The van der Waals surface area contributed by atoms with Crippen LogP contribution in [0.15, 0.2) is 53.1 Å². The average molecular weight is 322 g/mol. The molecule has 122 valence electrons. The SMILES string of the molecule is CC(C)N(CCC(c1ccccc1)c1ccco1)C(C)C.Cl. The molecule has 0 fully saturated rings. The van der Waals surface area contributed by atoms with Gasteiger partial charge in [0.05, 0.1) is 6.26 Å². The first-order valence-electron chi connectivity index (χ1n) is 7.93. The van der Waals surface area contributed by atoms with E-state index in [1.165, 1.54) is 5.56 Å². The Kier molecular flexibility index (Phi) is 7.70. The zero-order valence-corrected chi connectivity index (χ0v) is 14.8. The van der Waals surface area contributed by atoms with Gasteiger partial charge in [-0.05, 0) is 58.4 Å². The summed E-state index contributed by atoms with van der Waals surface area (Å²) in [7, 11) is 0. The summed E-state index contributed by atoms with van der Waals surface area (Å²) in [4.78, 5) is 2.54. The van der Waals surface area contributed by atoms with Crippen LogP contribution in [-0.2, 0) is 0 Å². The summed E-state index contributed by atoms with van der Waals surface area (Å²) in [5.41, 5.74) is 1.33. The molecule has 0 N–H and O–H groups in total. The third-order valence-electron chi connectivity index (χ3n) is 4.09. The van der Waals surface area contributed by atoms with Gasteiger partial charge in [-0.15, -0.1) is 12.4 Å². The number of benzene rings is 1. The molecule has 1 atom stereocenters. The van der Waals surface area contributed by atoms with Crippen molar-refractivity contribution in [2.24, 2.45) is 0 Å².